The molecule has 1 fully saturated rings. The lowest BCUT2D eigenvalue weighted by atomic mass is 10.00. The number of hydrogen-bond acceptors (Lipinski definition) is 4. The van der Waals surface area contributed by atoms with Crippen molar-refractivity contribution in [1.29, 1.82) is 0 Å². The van der Waals surface area contributed by atoms with Gasteiger partial charge in [-0.1, -0.05) is 24.9 Å². The van der Waals surface area contributed by atoms with E-state index < -0.39 is 0 Å². The summed E-state index contributed by atoms with van der Waals surface area (Å²) in [5.41, 5.74) is 0. The first-order valence-electron chi connectivity index (χ1n) is 6.43. The fourth-order valence-corrected chi connectivity index (χ4v) is 2.13. The minimum atomic E-state index is 0.432. The molecule has 2 rings (SSSR count). The lowest BCUT2D eigenvalue weighted by Gasteiger charge is -2.18. The topological polar surface area (TPSA) is 51.0 Å². The molecule has 1 aromatic heterocycles. The molecule has 1 atom stereocenters. The highest BCUT2D eigenvalue weighted by Crippen LogP contribution is 2.21. The van der Waals surface area contributed by atoms with Gasteiger partial charge in [-0.05, 0) is 25.8 Å². The summed E-state index contributed by atoms with van der Waals surface area (Å²) < 4.78 is 5.33. The Morgan fingerprint density at radius 1 is 1.44 bits per heavy atom. The number of nitrogens with zero attached hydrogens (tertiary/aromatic N) is 2. The Morgan fingerprint density at radius 3 is 3.12 bits per heavy atom. The molecule has 0 saturated carbocycles. The predicted octanol–water partition coefficient (Wildman–Crippen LogP) is 2.27. The molecule has 0 spiro atoms. The maximum absolute atomic E-state index is 5.33. The Labute approximate surface area is 96.8 Å². The monoisotopic (exact) mass is 223 g/mol. The van der Waals surface area contributed by atoms with Gasteiger partial charge in [-0.25, -0.2) is 0 Å². The Balaban J connectivity index is 1.85. The number of unbranched alkanes of at least 4 members (excludes halogenated alkanes) is 2. The van der Waals surface area contributed by atoms with Gasteiger partial charge in [-0.2, -0.15) is 4.98 Å². The van der Waals surface area contributed by atoms with Crippen molar-refractivity contribution in [2.75, 3.05) is 13.1 Å². The molecule has 1 N–H and O–H groups in total. The zero-order chi connectivity index (χ0) is 11.2. The van der Waals surface area contributed by atoms with Crippen molar-refractivity contribution in [3.05, 3.63) is 11.7 Å². The van der Waals surface area contributed by atoms with Gasteiger partial charge in [-0.15, -0.1) is 0 Å². The molecule has 1 unspecified atom stereocenters. The zero-order valence-electron chi connectivity index (χ0n) is 10.0. The van der Waals surface area contributed by atoms with E-state index in [0.717, 1.165) is 31.2 Å². The summed E-state index contributed by atoms with van der Waals surface area (Å²) in [5, 5.41) is 7.42. The van der Waals surface area contributed by atoms with Crippen LogP contribution in [-0.4, -0.2) is 23.2 Å². The molecule has 0 amide bonds. The van der Waals surface area contributed by atoms with Crippen molar-refractivity contribution in [2.24, 2.45) is 0 Å². The van der Waals surface area contributed by atoms with Crippen LogP contribution in [0.1, 0.15) is 56.7 Å². The van der Waals surface area contributed by atoms with Crippen molar-refractivity contribution in [2.45, 2.75) is 51.4 Å². The second kappa shape index (κ2) is 5.99. The Hall–Kier alpha value is -0.900. The van der Waals surface area contributed by atoms with E-state index in [1.165, 1.54) is 32.1 Å². The molecule has 1 saturated heterocycles. The quantitative estimate of drug-likeness (QED) is 0.778. The smallest absolute Gasteiger partial charge is 0.231 e. The number of nitrogens with one attached hydrogen (secondary N) is 1. The van der Waals surface area contributed by atoms with Gasteiger partial charge in [0.2, 0.25) is 5.89 Å². The van der Waals surface area contributed by atoms with E-state index in [2.05, 4.69) is 22.4 Å². The van der Waals surface area contributed by atoms with E-state index in [1.807, 2.05) is 0 Å². The normalized spacial score (nSPS) is 21.2. The van der Waals surface area contributed by atoms with E-state index in [4.69, 9.17) is 4.52 Å². The maximum atomic E-state index is 5.33. The maximum Gasteiger partial charge on any atom is 0.231 e. The van der Waals surface area contributed by atoms with Crippen molar-refractivity contribution >= 4 is 0 Å². The van der Waals surface area contributed by atoms with Crippen LogP contribution in [0.5, 0.6) is 0 Å². The molecule has 0 radical (unpaired) electrons. The van der Waals surface area contributed by atoms with Gasteiger partial charge in [0.25, 0.3) is 0 Å². The van der Waals surface area contributed by atoms with Crippen LogP contribution in [0.2, 0.25) is 0 Å². The van der Waals surface area contributed by atoms with Crippen LogP contribution < -0.4 is 5.32 Å². The molecule has 0 aliphatic carbocycles. The largest absolute Gasteiger partial charge is 0.339 e. The molecular formula is C12H21N3O. The summed E-state index contributed by atoms with van der Waals surface area (Å²) in [7, 11) is 0. The van der Waals surface area contributed by atoms with Crippen molar-refractivity contribution in [3.8, 4) is 0 Å². The van der Waals surface area contributed by atoms with Gasteiger partial charge in [0.05, 0.1) is 5.92 Å². The van der Waals surface area contributed by atoms with Gasteiger partial charge in [0.1, 0.15) is 0 Å². The second-order valence-electron chi connectivity index (χ2n) is 4.55. The van der Waals surface area contributed by atoms with Gasteiger partial charge in [0.15, 0.2) is 5.82 Å². The minimum Gasteiger partial charge on any atom is -0.339 e. The number of rotatable bonds is 5. The molecule has 1 aliphatic rings. The predicted molar refractivity (Wildman–Crippen MR) is 62.4 cm³/mol. The number of piperidine rings is 1. The number of hydrogen-bond donors (Lipinski definition) is 1. The molecule has 4 heteroatoms. The first-order chi connectivity index (χ1) is 7.90. The second-order valence-corrected chi connectivity index (χ2v) is 4.55. The highest BCUT2D eigenvalue weighted by molar-refractivity contribution is 4.96. The summed E-state index contributed by atoms with van der Waals surface area (Å²) in [6.45, 7) is 4.31. The highest BCUT2D eigenvalue weighted by atomic mass is 16.5. The van der Waals surface area contributed by atoms with Crippen LogP contribution in [0, 0.1) is 0 Å². The Kier molecular flexibility index (Phi) is 4.34. The first kappa shape index (κ1) is 11.6. The third-order valence-corrected chi connectivity index (χ3v) is 3.13. The van der Waals surface area contributed by atoms with Gasteiger partial charge >= 0.3 is 0 Å². The molecular weight excluding hydrogens is 202 g/mol. The number of aromatic nitrogens is 2. The van der Waals surface area contributed by atoms with Crippen molar-refractivity contribution in [1.82, 2.24) is 15.5 Å². The van der Waals surface area contributed by atoms with E-state index in [-0.39, 0.29) is 0 Å². The summed E-state index contributed by atoms with van der Waals surface area (Å²) in [6, 6.07) is 0. The average Bonchev–Trinajstić information content (AvgIpc) is 2.79. The van der Waals surface area contributed by atoms with Gasteiger partial charge < -0.3 is 9.84 Å². The summed E-state index contributed by atoms with van der Waals surface area (Å²) in [5.74, 6) is 2.15. The third kappa shape index (κ3) is 3.04. The van der Waals surface area contributed by atoms with Crippen LogP contribution in [0.15, 0.2) is 4.52 Å². The first-order valence-corrected chi connectivity index (χ1v) is 6.43. The van der Waals surface area contributed by atoms with Crippen molar-refractivity contribution in [3.63, 3.8) is 0 Å². The molecule has 16 heavy (non-hydrogen) atoms. The molecule has 2 heterocycles. The molecule has 1 aliphatic heterocycles. The summed E-state index contributed by atoms with van der Waals surface area (Å²) >= 11 is 0. The summed E-state index contributed by atoms with van der Waals surface area (Å²) in [4.78, 5) is 4.49. The minimum absolute atomic E-state index is 0.432. The fourth-order valence-electron chi connectivity index (χ4n) is 2.13. The van der Waals surface area contributed by atoms with Crippen LogP contribution in [0.4, 0.5) is 0 Å². The third-order valence-electron chi connectivity index (χ3n) is 3.13. The standard InChI is InChI=1S/C12H21N3O/c1-2-3-4-7-11-14-12(16-15-11)10-6-5-8-13-9-10/h10,13H,2-9H2,1H3. The lowest BCUT2D eigenvalue weighted by molar-refractivity contribution is 0.320. The van der Waals surface area contributed by atoms with E-state index >= 15 is 0 Å². The Morgan fingerprint density at radius 2 is 2.38 bits per heavy atom. The highest BCUT2D eigenvalue weighted by Gasteiger charge is 2.20. The van der Waals surface area contributed by atoms with E-state index in [9.17, 15) is 0 Å². The fraction of sp³-hybridized carbons (Fsp3) is 0.833. The molecule has 4 nitrogen and oxygen atoms in total. The SMILES string of the molecule is CCCCCc1noc(C2CCCNC2)n1. The van der Waals surface area contributed by atoms with E-state index in [0.29, 0.717) is 5.92 Å². The van der Waals surface area contributed by atoms with Crippen LogP contribution in [0.25, 0.3) is 0 Å². The van der Waals surface area contributed by atoms with Crippen molar-refractivity contribution < 1.29 is 4.52 Å². The molecule has 0 bridgehead atoms. The van der Waals surface area contributed by atoms with Crippen LogP contribution in [-0.2, 0) is 6.42 Å². The van der Waals surface area contributed by atoms with E-state index in [1.54, 1.807) is 0 Å². The molecule has 90 valence electrons. The molecule has 0 aromatic carbocycles. The number of aryl methyl sites for hydroxylation is 1. The Bertz CT molecular complexity index is 305. The van der Waals surface area contributed by atoms with Crippen LogP contribution in [0.3, 0.4) is 0 Å². The summed E-state index contributed by atoms with van der Waals surface area (Å²) in [6.07, 6.45) is 6.98. The average molecular weight is 223 g/mol. The lowest BCUT2D eigenvalue weighted by Crippen LogP contribution is -2.28. The van der Waals surface area contributed by atoms with Gasteiger partial charge in [0, 0.05) is 13.0 Å². The van der Waals surface area contributed by atoms with Crippen LogP contribution >= 0.6 is 0 Å². The molecule has 1 aromatic rings. The zero-order valence-corrected chi connectivity index (χ0v) is 10.0. The van der Waals surface area contributed by atoms with Gasteiger partial charge in [-0.3, -0.25) is 0 Å².